The molecule has 76 valence electrons. The normalized spacial score (nSPS) is 12.1. The molecule has 0 aliphatic rings. The van der Waals surface area contributed by atoms with Gasteiger partial charge in [-0.25, -0.2) is 0 Å². The predicted molar refractivity (Wildman–Crippen MR) is 55.5 cm³/mol. The van der Waals surface area contributed by atoms with Crippen molar-refractivity contribution in [3.05, 3.63) is 35.9 Å². The van der Waals surface area contributed by atoms with Crippen LogP contribution in [0, 0.1) is 5.41 Å². The van der Waals surface area contributed by atoms with Gasteiger partial charge in [0.1, 0.15) is 0 Å². The maximum absolute atomic E-state index is 7.64. The Kier molecular flexibility index (Phi) is 4.13. The first-order valence-electron chi connectivity index (χ1n) is 4.58. The molecule has 0 saturated heterocycles. The van der Waals surface area contributed by atoms with Crippen LogP contribution in [0.15, 0.2) is 30.3 Å². The molecule has 0 heterocycles. The Morgan fingerprint density at radius 2 is 2.00 bits per heavy atom. The number of hydrogen-bond donors (Lipinski definition) is 1. The molecule has 0 bridgehead atoms. The molecule has 0 radical (unpaired) electrons. The molecule has 1 rings (SSSR count). The third-order valence-corrected chi connectivity index (χ3v) is 1.88. The second-order valence-corrected chi connectivity index (χ2v) is 2.82. The van der Waals surface area contributed by atoms with E-state index in [4.69, 9.17) is 14.9 Å². The molecule has 1 N–H and O–H groups in total. The van der Waals surface area contributed by atoms with Crippen LogP contribution < -0.4 is 0 Å². The van der Waals surface area contributed by atoms with Crippen molar-refractivity contribution in [1.29, 1.82) is 5.41 Å². The standard InChI is InChI=1S/C11H15NO2/c1-3-14-11(12)10(13-2)9-7-5-4-6-8-9/h4-8,10,12H,3H2,1-2H3. The zero-order valence-corrected chi connectivity index (χ0v) is 8.49. The monoisotopic (exact) mass is 193 g/mol. The summed E-state index contributed by atoms with van der Waals surface area (Å²) in [4.78, 5) is 0. The summed E-state index contributed by atoms with van der Waals surface area (Å²) in [6.45, 7) is 2.35. The van der Waals surface area contributed by atoms with E-state index >= 15 is 0 Å². The smallest absolute Gasteiger partial charge is 0.215 e. The summed E-state index contributed by atoms with van der Waals surface area (Å²) in [6.07, 6.45) is -0.392. The summed E-state index contributed by atoms with van der Waals surface area (Å²) in [5.74, 6) is 0.154. The first-order valence-corrected chi connectivity index (χ1v) is 4.58. The second kappa shape index (κ2) is 5.40. The largest absolute Gasteiger partial charge is 0.479 e. The zero-order chi connectivity index (χ0) is 10.4. The molecule has 3 heteroatoms. The van der Waals surface area contributed by atoms with Crippen molar-refractivity contribution < 1.29 is 9.47 Å². The van der Waals surface area contributed by atoms with Crippen LogP contribution >= 0.6 is 0 Å². The van der Waals surface area contributed by atoms with Gasteiger partial charge in [-0.2, -0.15) is 0 Å². The number of ether oxygens (including phenoxy) is 2. The van der Waals surface area contributed by atoms with Gasteiger partial charge in [-0.15, -0.1) is 0 Å². The number of methoxy groups -OCH3 is 1. The van der Waals surface area contributed by atoms with Crippen LogP contribution in [0.1, 0.15) is 18.6 Å². The second-order valence-electron chi connectivity index (χ2n) is 2.82. The number of hydrogen-bond acceptors (Lipinski definition) is 3. The Balaban J connectivity index is 2.77. The van der Waals surface area contributed by atoms with E-state index in [-0.39, 0.29) is 5.90 Å². The van der Waals surface area contributed by atoms with Gasteiger partial charge in [-0.3, -0.25) is 5.41 Å². The van der Waals surface area contributed by atoms with Gasteiger partial charge in [-0.05, 0) is 12.5 Å². The van der Waals surface area contributed by atoms with Crippen LogP contribution in [0.2, 0.25) is 0 Å². The highest BCUT2D eigenvalue weighted by Crippen LogP contribution is 2.17. The molecule has 0 spiro atoms. The van der Waals surface area contributed by atoms with Crippen LogP contribution in [-0.2, 0) is 9.47 Å². The Bertz CT molecular complexity index is 285. The Morgan fingerprint density at radius 3 is 2.50 bits per heavy atom. The van der Waals surface area contributed by atoms with E-state index in [1.54, 1.807) is 7.11 Å². The van der Waals surface area contributed by atoms with Crippen LogP contribution in [0.5, 0.6) is 0 Å². The molecule has 1 unspecified atom stereocenters. The minimum Gasteiger partial charge on any atom is -0.479 e. The minimum absolute atomic E-state index is 0.154. The number of rotatable bonds is 4. The van der Waals surface area contributed by atoms with Crippen LogP contribution in [-0.4, -0.2) is 19.6 Å². The molecule has 14 heavy (non-hydrogen) atoms. The highest BCUT2D eigenvalue weighted by atomic mass is 16.5. The molecular formula is C11H15NO2. The SMILES string of the molecule is CCOC(=N)C(OC)c1ccccc1. The van der Waals surface area contributed by atoms with Crippen molar-refractivity contribution in [3.63, 3.8) is 0 Å². The third-order valence-electron chi connectivity index (χ3n) is 1.88. The highest BCUT2D eigenvalue weighted by Gasteiger charge is 2.16. The summed E-state index contributed by atoms with van der Waals surface area (Å²) in [5, 5.41) is 7.64. The molecule has 1 atom stereocenters. The lowest BCUT2D eigenvalue weighted by atomic mass is 10.1. The van der Waals surface area contributed by atoms with Crippen molar-refractivity contribution in [1.82, 2.24) is 0 Å². The van der Waals surface area contributed by atoms with Gasteiger partial charge in [0.15, 0.2) is 6.10 Å². The van der Waals surface area contributed by atoms with Gasteiger partial charge in [0.25, 0.3) is 0 Å². The van der Waals surface area contributed by atoms with E-state index in [2.05, 4.69) is 0 Å². The quantitative estimate of drug-likeness (QED) is 0.589. The fourth-order valence-corrected chi connectivity index (χ4v) is 1.25. The third kappa shape index (κ3) is 2.57. The Morgan fingerprint density at radius 1 is 1.36 bits per heavy atom. The molecule has 0 aromatic heterocycles. The molecule has 0 amide bonds. The molecule has 1 aromatic carbocycles. The van der Waals surface area contributed by atoms with Crippen molar-refractivity contribution in [2.24, 2.45) is 0 Å². The van der Waals surface area contributed by atoms with Gasteiger partial charge in [0, 0.05) is 7.11 Å². The van der Waals surface area contributed by atoms with Gasteiger partial charge < -0.3 is 9.47 Å². The molecule has 3 nitrogen and oxygen atoms in total. The summed E-state index contributed by atoms with van der Waals surface area (Å²) in [6, 6.07) is 9.60. The fraction of sp³-hybridized carbons (Fsp3) is 0.364. The number of benzene rings is 1. The zero-order valence-electron chi connectivity index (χ0n) is 8.49. The maximum Gasteiger partial charge on any atom is 0.215 e. The lowest BCUT2D eigenvalue weighted by molar-refractivity contribution is 0.127. The van der Waals surface area contributed by atoms with Gasteiger partial charge >= 0.3 is 0 Å². The Hall–Kier alpha value is -1.35. The predicted octanol–water partition coefficient (Wildman–Crippen LogP) is 2.39. The van der Waals surface area contributed by atoms with Crippen molar-refractivity contribution in [2.45, 2.75) is 13.0 Å². The topological polar surface area (TPSA) is 42.3 Å². The fourth-order valence-electron chi connectivity index (χ4n) is 1.25. The maximum atomic E-state index is 7.64. The molecular weight excluding hydrogens is 178 g/mol. The first-order chi connectivity index (χ1) is 6.79. The van der Waals surface area contributed by atoms with Gasteiger partial charge in [0.2, 0.25) is 5.90 Å². The van der Waals surface area contributed by atoms with Crippen LogP contribution in [0.3, 0.4) is 0 Å². The summed E-state index contributed by atoms with van der Waals surface area (Å²) in [7, 11) is 1.57. The molecule has 1 aromatic rings. The lowest BCUT2D eigenvalue weighted by Gasteiger charge is -2.16. The Labute approximate surface area is 84.2 Å². The average molecular weight is 193 g/mol. The minimum atomic E-state index is -0.392. The van der Waals surface area contributed by atoms with E-state index in [0.717, 1.165) is 5.56 Å². The first kappa shape index (κ1) is 10.7. The number of nitrogens with one attached hydrogen (secondary N) is 1. The van der Waals surface area contributed by atoms with E-state index < -0.39 is 6.10 Å². The van der Waals surface area contributed by atoms with Gasteiger partial charge in [0.05, 0.1) is 6.61 Å². The van der Waals surface area contributed by atoms with E-state index in [1.165, 1.54) is 0 Å². The molecule has 0 saturated carbocycles. The van der Waals surface area contributed by atoms with E-state index in [9.17, 15) is 0 Å². The summed E-state index contributed by atoms with van der Waals surface area (Å²) in [5.41, 5.74) is 0.938. The van der Waals surface area contributed by atoms with E-state index in [0.29, 0.717) is 6.61 Å². The van der Waals surface area contributed by atoms with Crippen molar-refractivity contribution in [2.75, 3.05) is 13.7 Å². The lowest BCUT2D eigenvalue weighted by Crippen LogP contribution is -2.16. The average Bonchev–Trinajstić information content (AvgIpc) is 2.21. The molecule has 0 aliphatic heterocycles. The van der Waals surface area contributed by atoms with Gasteiger partial charge in [-0.1, -0.05) is 30.3 Å². The molecule has 0 aliphatic carbocycles. The summed E-state index contributed by atoms with van der Waals surface area (Å²) >= 11 is 0. The van der Waals surface area contributed by atoms with Crippen molar-refractivity contribution >= 4 is 5.90 Å². The summed E-state index contributed by atoms with van der Waals surface area (Å²) < 4.78 is 10.3. The van der Waals surface area contributed by atoms with Crippen LogP contribution in [0.4, 0.5) is 0 Å². The highest BCUT2D eigenvalue weighted by molar-refractivity contribution is 5.79. The van der Waals surface area contributed by atoms with Crippen molar-refractivity contribution in [3.8, 4) is 0 Å². The van der Waals surface area contributed by atoms with E-state index in [1.807, 2.05) is 37.3 Å². The molecule has 0 fully saturated rings. The van der Waals surface area contributed by atoms with Crippen LogP contribution in [0.25, 0.3) is 0 Å².